The van der Waals surface area contributed by atoms with Crippen LogP contribution in [0.1, 0.15) is 31.2 Å². The quantitative estimate of drug-likeness (QED) is 0.783. The van der Waals surface area contributed by atoms with E-state index in [4.69, 9.17) is 4.74 Å². The number of likely N-dealkylation sites (tertiary alicyclic amines) is 1. The van der Waals surface area contributed by atoms with Crippen LogP contribution in [-0.2, 0) is 20.7 Å². The molecule has 1 unspecified atom stereocenters. The Balaban J connectivity index is 1.60. The monoisotopic (exact) mass is 341 g/mol. The van der Waals surface area contributed by atoms with Crippen LogP contribution in [-0.4, -0.2) is 46.3 Å². The fourth-order valence-electron chi connectivity index (χ4n) is 3.22. The molecule has 6 heteroatoms. The molecule has 0 spiro atoms. The first kappa shape index (κ1) is 17.2. The molecule has 0 saturated carbocycles. The van der Waals surface area contributed by atoms with Gasteiger partial charge in [0, 0.05) is 19.2 Å². The minimum absolute atomic E-state index is 0.00237. The molecule has 0 aliphatic carbocycles. The van der Waals surface area contributed by atoms with Gasteiger partial charge >= 0.3 is 5.97 Å². The van der Waals surface area contributed by atoms with Crippen molar-refractivity contribution in [1.29, 1.82) is 0 Å². The summed E-state index contributed by atoms with van der Waals surface area (Å²) in [6.45, 7) is 0.627. The predicted octanol–water partition coefficient (Wildman–Crippen LogP) is 2.36. The second-order valence-electron chi connectivity index (χ2n) is 6.25. The summed E-state index contributed by atoms with van der Waals surface area (Å²) in [5.41, 5.74) is 1.99. The number of methoxy groups -OCH3 is 1. The summed E-state index contributed by atoms with van der Waals surface area (Å²) in [6.07, 6.45) is 7.28. The molecular weight excluding hydrogens is 318 g/mol. The summed E-state index contributed by atoms with van der Waals surface area (Å²) in [4.78, 5) is 26.1. The second kappa shape index (κ2) is 7.96. The highest BCUT2D eigenvalue weighted by molar-refractivity contribution is 5.84. The van der Waals surface area contributed by atoms with E-state index < -0.39 is 6.04 Å². The number of aryl methyl sites for hydroxylation is 1. The second-order valence-corrected chi connectivity index (χ2v) is 6.25. The largest absolute Gasteiger partial charge is 0.467 e. The molecule has 1 saturated heterocycles. The van der Waals surface area contributed by atoms with Crippen molar-refractivity contribution in [2.75, 3.05) is 13.7 Å². The smallest absolute Gasteiger partial charge is 0.328 e. The van der Waals surface area contributed by atoms with Crippen LogP contribution in [0.15, 0.2) is 42.7 Å². The first-order chi connectivity index (χ1) is 12.2. The number of hydrogen-bond donors (Lipinski definition) is 0. The van der Waals surface area contributed by atoms with E-state index in [1.54, 1.807) is 15.8 Å². The van der Waals surface area contributed by atoms with Crippen LogP contribution < -0.4 is 0 Å². The van der Waals surface area contributed by atoms with E-state index in [0.717, 1.165) is 24.1 Å². The number of piperidine rings is 1. The molecule has 0 N–H and O–H groups in total. The highest BCUT2D eigenvalue weighted by atomic mass is 16.5. The minimum Gasteiger partial charge on any atom is -0.467 e. The van der Waals surface area contributed by atoms with Crippen molar-refractivity contribution in [1.82, 2.24) is 14.7 Å². The van der Waals surface area contributed by atoms with E-state index in [1.165, 1.54) is 7.11 Å². The van der Waals surface area contributed by atoms with Crippen LogP contribution in [0.2, 0.25) is 0 Å². The fourth-order valence-corrected chi connectivity index (χ4v) is 3.22. The molecule has 2 heterocycles. The normalized spacial score (nSPS) is 17.3. The maximum absolute atomic E-state index is 12.6. The number of para-hydroxylation sites is 1. The maximum atomic E-state index is 12.6. The van der Waals surface area contributed by atoms with E-state index in [0.29, 0.717) is 25.8 Å². The van der Waals surface area contributed by atoms with Crippen LogP contribution in [0.3, 0.4) is 0 Å². The van der Waals surface area contributed by atoms with Crippen molar-refractivity contribution >= 4 is 11.9 Å². The third-order valence-corrected chi connectivity index (χ3v) is 4.58. The molecule has 1 atom stereocenters. The number of amides is 1. The summed E-state index contributed by atoms with van der Waals surface area (Å²) in [5, 5.41) is 4.35. The van der Waals surface area contributed by atoms with Gasteiger partial charge in [-0.1, -0.05) is 18.2 Å². The van der Waals surface area contributed by atoms with Crippen molar-refractivity contribution in [2.45, 2.75) is 38.1 Å². The Labute approximate surface area is 147 Å². The van der Waals surface area contributed by atoms with Gasteiger partial charge < -0.3 is 9.64 Å². The Morgan fingerprint density at radius 3 is 2.80 bits per heavy atom. The van der Waals surface area contributed by atoms with Gasteiger partial charge in [0.2, 0.25) is 5.91 Å². The van der Waals surface area contributed by atoms with E-state index >= 15 is 0 Å². The van der Waals surface area contributed by atoms with Gasteiger partial charge in [-0.3, -0.25) is 4.79 Å². The Morgan fingerprint density at radius 2 is 2.04 bits per heavy atom. The topological polar surface area (TPSA) is 64.4 Å². The maximum Gasteiger partial charge on any atom is 0.328 e. The third-order valence-electron chi connectivity index (χ3n) is 4.58. The average Bonchev–Trinajstić information content (AvgIpc) is 3.15. The summed E-state index contributed by atoms with van der Waals surface area (Å²) >= 11 is 0. The van der Waals surface area contributed by atoms with E-state index in [-0.39, 0.29) is 11.9 Å². The third kappa shape index (κ3) is 4.07. The number of esters is 1. The summed E-state index contributed by atoms with van der Waals surface area (Å²) in [5.74, 6) is -0.312. The number of carbonyl (C=O) groups excluding carboxylic acids is 2. The Hall–Kier alpha value is -2.63. The average molecular weight is 341 g/mol. The van der Waals surface area contributed by atoms with E-state index in [9.17, 15) is 9.59 Å². The Kier molecular flexibility index (Phi) is 5.48. The molecule has 3 rings (SSSR count). The van der Waals surface area contributed by atoms with Crippen LogP contribution in [0.25, 0.3) is 5.69 Å². The molecule has 1 aromatic heterocycles. The number of carbonyl (C=O) groups is 2. The minimum atomic E-state index is -0.432. The molecule has 6 nitrogen and oxygen atoms in total. The molecule has 2 aromatic rings. The van der Waals surface area contributed by atoms with Crippen molar-refractivity contribution in [3.8, 4) is 5.69 Å². The number of nitrogens with zero attached hydrogens (tertiary/aromatic N) is 3. The predicted molar refractivity (Wildman–Crippen MR) is 93.3 cm³/mol. The SMILES string of the molecule is COC(=O)C1CCCCN1C(=O)CCc1cnn(-c2ccccc2)c1. The van der Waals surface area contributed by atoms with E-state index in [2.05, 4.69) is 5.10 Å². The van der Waals surface area contributed by atoms with Crippen molar-refractivity contribution < 1.29 is 14.3 Å². The molecule has 25 heavy (non-hydrogen) atoms. The number of aromatic nitrogens is 2. The lowest BCUT2D eigenvalue weighted by molar-refractivity contribution is -0.154. The molecule has 0 bridgehead atoms. The van der Waals surface area contributed by atoms with Gasteiger partial charge in [-0.05, 0) is 43.4 Å². The lowest BCUT2D eigenvalue weighted by atomic mass is 10.0. The molecule has 1 aliphatic heterocycles. The van der Waals surface area contributed by atoms with Gasteiger partial charge in [-0.25, -0.2) is 9.48 Å². The van der Waals surface area contributed by atoms with Crippen LogP contribution in [0.5, 0.6) is 0 Å². The fraction of sp³-hybridized carbons (Fsp3) is 0.421. The first-order valence-electron chi connectivity index (χ1n) is 8.65. The molecule has 1 aliphatic rings. The zero-order valence-corrected chi connectivity index (χ0v) is 14.4. The summed E-state index contributed by atoms with van der Waals surface area (Å²) < 4.78 is 6.64. The molecule has 132 valence electrons. The van der Waals surface area contributed by atoms with E-state index in [1.807, 2.05) is 36.5 Å². The van der Waals surface area contributed by atoms with Gasteiger partial charge in [0.25, 0.3) is 0 Å². The Bertz CT molecular complexity index is 727. The zero-order valence-electron chi connectivity index (χ0n) is 14.4. The van der Waals surface area contributed by atoms with Crippen LogP contribution in [0, 0.1) is 0 Å². The number of benzene rings is 1. The van der Waals surface area contributed by atoms with Crippen molar-refractivity contribution in [2.24, 2.45) is 0 Å². The van der Waals surface area contributed by atoms with Gasteiger partial charge in [0.15, 0.2) is 0 Å². The molecule has 1 aromatic carbocycles. The van der Waals surface area contributed by atoms with Gasteiger partial charge in [-0.2, -0.15) is 5.10 Å². The molecule has 1 fully saturated rings. The molecular formula is C19H23N3O3. The van der Waals surface area contributed by atoms with Crippen molar-refractivity contribution in [3.05, 3.63) is 48.3 Å². The van der Waals surface area contributed by atoms with Crippen molar-refractivity contribution in [3.63, 3.8) is 0 Å². The lowest BCUT2D eigenvalue weighted by Gasteiger charge is -2.33. The number of ether oxygens (including phenoxy) is 1. The Morgan fingerprint density at radius 1 is 1.24 bits per heavy atom. The highest BCUT2D eigenvalue weighted by Crippen LogP contribution is 2.20. The van der Waals surface area contributed by atoms with Crippen LogP contribution >= 0.6 is 0 Å². The number of rotatable bonds is 5. The summed E-state index contributed by atoms with van der Waals surface area (Å²) in [6, 6.07) is 9.42. The standard InChI is InChI=1S/C19H23N3O3/c1-25-19(24)17-9-5-6-12-21(17)18(23)11-10-15-13-20-22(14-15)16-7-3-2-4-8-16/h2-4,7-8,13-14,17H,5-6,9-12H2,1H3. The molecule has 0 radical (unpaired) electrons. The summed E-state index contributed by atoms with van der Waals surface area (Å²) in [7, 11) is 1.37. The van der Waals surface area contributed by atoms with Crippen LogP contribution in [0.4, 0.5) is 0 Å². The lowest BCUT2D eigenvalue weighted by Crippen LogP contribution is -2.48. The number of hydrogen-bond acceptors (Lipinski definition) is 4. The van der Waals surface area contributed by atoms with Gasteiger partial charge in [-0.15, -0.1) is 0 Å². The highest BCUT2D eigenvalue weighted by Gasteiger charge is 2.32. The van der Waals surface area contributed by atoms with Gasteiger partial charge in [0.05, 0.1) is 19.0 Å². The first-order valence-corrected chi connectivity index (χ1v) is 8.65. The van der Waals surface area contributed by atoms with Gasteiger partial charge in [0.1, 0.15) is 6.04 Å². The zero-order chi connectivity index (χ0) is 17.6. The molecule has 1 amide bonds.